The second-order valence-corrected chi connectivity index (χ2v) is 5.00. The first-order valence-corrected chi connectivity index (χ1v) is 6.38. The highest BCUT2D eigenvalue weighted by Crippen LogP contribution is 2.32. The molecule has 0 aromatic carbocycles. The standard InChI is InChI=1S/C10H6BrN5S/c11-6-2-1-3-12-9(6)17-10-7-8(14-4-13-7)15-5-16-10/h1-5H,(H,13,14,15,16). The molecule has 0 aliphatic carbocycles. The van der Waals surface area contributed by atoms with E-state index in [4.69, 9.17) is 0 Å². The molecule has 7 heteroatoms. The lowest BCUT2D eigenvalue weighted by Crippen LogP contribution is -1.87. The van der Waals surface area contributed by atoms with Gasteiger partial charge < -0.3 is 4.98 Å². The van der Waals surface area contributed by atoms with Crippen molar-refractivity contribution in [2.75, 3.05) is 0 Å². The summed E-state index contributed by atoms with van der Waals surface area (Å²) < 4.78 is 0.941. The monoisotopic (exact) mass is 307 g/mol. The predicted molar refractivity (Wildman–Crippen MR) is 67.7 cm³/mol. The van der Waals surface area contributed by atoms with Crippen molar-refractivity contribution in [3.63, 3.8) is 0 Å². The zero-order valence-corrected chi connectivity index (χ0v) is 10.9. The number of imidazole rings is 1. The van der Waals surface area contributed by atoms with E-state index in [1.165, 1.54) is 18.1 Å². The van der Waals surface area contributed by atoms with Crippen LogP contribution >= 0.6 is 27.7 Å². The number of H-pyrrole nitrogens is 1. The number of fused-ring (bicyclic) bond motifs is 1. The zero-order valence-electron chi connectivity index (χ0n) is 8.46. The van der Waals surface area contributed by atoms with Crippen molar-refractivity contribution in [3.05, 3.63) is 35.5 Å². The molecule has 1 N–H and O–H groups in total. The Morgan fingerprint density at radius 1 is 1.12 bits per heavy atom. The second kappa shape index (κ2) is 4.42. The third kappa shape index (κ3) is 2.03. The van der Waals surface area contributed by atoms with Crippen molar-refractivity contribution in [2.45, 2.75) is 10.1 Å². The first-order chi connectivity index (χ1) is 8.34. The Balaban J connectivity index is 2.06. The second-order valence-electron chi connectivity index (χ2n) is 3.17. The van der Waals surface area contributed by atoms with Gasteiger partial charge in [0, 0.05) is 6.20 Å². The topological polar surface area (TPSA) is 67.3 Å². The van der Waals surface area contributed by atoms with E-state index < -0.39 is 0 Å². The lowest BCUT2D eigenvalue weighted by Gasteiger charge is -2.02. The van der Waals surface area contributed by atoms with Gasteiger partial charge in [-0.05, 0) is 39.8 Å². The molecule has 3 aromatic heterocycles. The summed E-state index contributed by atoms with van der Waals surface area (Å²) in [5.74, 6) is 0. The Morgan fingerprint density at radius 3 is 2.94 bits per heavy atom. The summed E-state index contributed by atoms with van der Waals surface area (Å²) in [7, 11) is 0. The molecule has 17 heavy (non-hydrogen) atoms. The minimum absolute atomic E-state index is 0.662. The van der Waals surface area contributed by atoms with Gasteiger partial charge in [0.1, 0.15) is 21.9 Å². The maximum Gasteiger partial charge on any atom is 0.181 e. The normalized spacial score (nSPS) is 10.9. The largest absolute Gasteiger partial charge is 0.341 e. The van der Waals surface area contributed by atoms with Crippen molar-refractivity contribution >= 4 is 38.9 Å². The number of rotatable bonds is 2. The molecule has 0 aliphatic heterocycles. The van der Waals surface area contributed by atoms with Gasteiger partial charge in [-0.15, -0.1) is 0 Å². The Hall–Kier alpha value is -1.47. The van der Waals surface area contributed by atoms with Gasteiger partial charge in [-0.2, -0.15) is 0 Å². The molecule has 5 nitrogen and oxygen atoms in total. The fourth-order valence-electron chi connectivity index (χ4n) is 1.36. The van der Waals surface area contributed by atoms with Gasteiger partial charge in [-0.1, -0.05) is 0 Å². The lowest BCUT2D eigenvalue weighted by molar-refractivity contribution is 1.06. The van der Waals surface area contributed by atoms with E-state index in [2.05, 4.69) is 40.8 Å². The summed E-state index contributed by atoms with van der Waals surface area (Å²) in [5, 5.41) is 1.68. The van der Waals surface area contributed by atoms with E-state index in [1.807, 2.05) is 12.1 Å². The summed E-state index contributed by atoms with van der Waals surface area (Å²) in [4.78, 5) is 19.7. The van der Waals surface area contributed by atoms with Gasteiger partial charge in [0.15, 0.2) is 5.65 Å². The number of hydrogen-bond acceptors (Lipinski definition) is 5. The zero-order chi connectivity index (χ0) is 11.7. The highest BCUT2D eigenvalue weighted by Gasteiger charge is 2.10. The molecule has 0 saturated carbocycles. The third-order valence-corrected chi connectivity index (χ3v) is 4.03. The fourth-order valence-corrected chi connectivity index (χ4v) is 2.67. The molecular formula is C10H6BrN5S. The smallest absolute Gasteiger partial charge is 0.181 e. The summed E-state index contributed by atoms with van der Waals surface area (Å²) in [6.45, 7) is 0. The molecule has 0 saturated heterocycles. The maximum atomic E-state index is 4.29. The third-order valence-electron chi connectivity index (χ3n) is 2.11. The molecule has 3 rings (SSSR count). The van der Waals surface area contributed by atoms with E-state index in [9.17, 15) is 0 Å². The molecular weight excluding hydrogens is 302 g/mol. The van der Waals surface area contributed by atoms with Gasteiger partial charge >= 0.3 is 0 Å². The number of pyridine rings is 1. The van der Waals surface area contributed by atoms with E-state index in [0.29, 0.717) is 5.65 Å². The summed E-state index contributed by atoms with van der Waals surface area (Å²) in [6.07, 6.45) is 4.86. The van der Waals surface area contributed by atoms with Crippen LogP contribution in [-0.4, -0.2) is 24.9 Å². The molecule has 0 fully saturated rings. The predicted octanol–water partition coefficient (Wildman–Crippen LogP) is 2.66. The van der Waals surface area contributed by atoms with Crippen LogP contribution in [0, 0.1) is 0 Å². The number of aromatic amines is 1. The Labute approximate surface area is 109 Å². The van der Waals surface area contributed by atoms with Gasteiger partial charge in [0.25, 0.3) is 0 Å². The van der Waals surface area contributed by atoms with Gasteiger partial charge in [0.05, 0.1) is 10.8 Å². The van der Waals surface area contributed by atoms with Crippen LogP contribution in [-0.2, 0) is 0 Å². The lowest BCUT2D eigenvalue weighted by atomic mass is 10.5. The summed E-state index contributed by atoms with van der Waals surface area (Å²) in [6, 6.07) is 3.82. The number of nitrogens with one attached hydrogen (secondary N) is 1. The number of nitrogens with zero attached hydrogens (tertiary/aromatic N) is 4. The molecule has 0 amide bonds. The van der Waals surface area contributed by atoms with Gasteiger partial charge in [-0.3, -0.25) is 0 Å². The van der Waals surface area contributed by atoms with E-state index >= 15 is 0 Å². The molecule has 0 unspecified atom stereocenters. The van der Waals surface area contributed by atoms with Crippen molar-refractivity contribution in [2.24, 2.45) is 0 Å². The van der Waals surface area contributed by atoms with Crippen LogP contribution in [0.5, 0.6) is 0 Å². The van der Waals surface area contributed by atoms with Crippen molar-refractivity contribution < 1.29 is 0 Å². The van der Waals surface area contributed by atoms with E-state index in [0.717, 1.165) is 20.0 Å². The number of hydrogen-bond donors (Lipinski definition) is 1. The fraction of sp³-hybridized carbons (Fsp3) is 0. The Bertz CT molecular complexity index is 668. The Morgan fingerprint density at radius 2 is 2.06 bits per heavy atom. The van der Waals surface area contributed by atoms with Crippen LogP contribution in [0.15, 0.2) is 45.5 Å². The molecule has 0 radical (unpaired) electrons. The van der Waals surface area contributed by atoms with Crippen LogP contribution < -0.4 is 0 Å². The minimum atomic E-state index is 0.662. The van der Waals surface area contributed by atoms with Crippen molar-refractivity contribution in [1.82, 2.24) is 24.9 Å². The first kappa shape index (κ1) is 10.7. The molecule has 3 heterocycles. The SMILES string of the molecule is Brc1cccnc1Sc1ncnc2nc[nH]c12. The molecule has 84 valence electrons. The molecule has 0 aliphatic rings. The van der Waals surface area contributed by atoms with E-state index in [1.54, 1.807) is 12.5 Å². The first-order valence-electron chi connectivity index (χ1n) is 4.77. The number of halogens is 1. The van der Waals surface area contributed by atoms with Gasteiger partial charge in [-0.25, -0.2) is 19.9 Å². The minimum Gasteiger partial charge on any atom is -0.341 e. The van der Waals surface area contributed by atoms with Crippen LogP contribution in [0.2, 0.25) is 0 Å². The maximum absolute atomic E-state index is 4.29. The average molecular weight is 308 g/mol. The van der Waals surface area contributed by atoms with Gasteiger partial charge in [0.2, 0.25) is 0 Å². The highest BCUT2D eigenvalue weighted by molar-refractivity contribution is 9.10. The van der Waals surface area contributed by atoms with Crippen LogP contribution in [0.1, 0.15) is 0 Å². The quantitative estimate of drug-likeness (QED) is 0.737. The van der Waals surface area contributed by atoms with Crippen LogP contribution in [0.25, 0.3) is 11.2 Å². The number of aromatic nitrogens is 5. The van der Waals surface area contributed by atoms with E-state index in [-0.39, 0.29) is 0 Å². The molecule has 3 aromatic rings. The molecule has 0 atom stereocenters. The van der Waals surface area contributed by atoms with Crippen LogP contribution in [0.3, 0.4) is 0 Å². The highest BCUT2D eigenvalue weighted by atomic mass is 79.9. The van der Waals surface area contributed by atoms with Crippen molar-refractivity contribution in [1.29, 1.82) is 0 Å². The average Bonchev–Trinajstić information content (AvgIpc) is 2.81. The summed E-state index contributed by atoms with van der Waals surface area (Å²) in [5.41, 5.74) is 1.49. The van der Waals surface area contributed by atoms with Crippen molar-refractivity contribution in [3.8, 4) is 0 Å². The Kier molecular flexibility index (Phi) is 2.77. The van der Waals surface area contributed by atoms with Crippen LogP contribution in [0.4, 0.5) is 0 Å². The summed E-state index contributed by atoms with van der Waals surface area (Å²) >= 11 is 4.92. The molecule has 0 spiro atoms. The molecule has 0 bridgehead atoms.